The van der Waals surface area contributed by atoms with Gasteiger partial charge in [-0.25, -0.2) is 9.67 Å². The number of hydrogen-bond donors (Lipinski definition) is 2. The number of rotatable bonds is 11. The van der Waals surface area contributed by atoms with Gasteiger partial charge in [-0.2, -0.15) is 0 Å². The second-order valence-corrected chi connectivity index (χ2v) is 12.2. The van der Waals surface area contributed by atoms with Crippen molar-refractivity contribution < 1.29 is 22.7 Å². The Morgan fingerprint density at radius 3 is 2.54 bits per heavy atom. The van der Waals surface area contributed by atoms with Crippen molar-refractivity contribution in [1.82, 2.24) is 20.1 Å². The molecule has 1 aromatic carbocycles. The van der Waals surface area contributed by atoms with E-state index in [0.717, 1.165) is 12.8 Å². The van der Waals surface area contributed by atoms with E-state index >= 15 is 0 Å². The lowest BCUT2D eigenvalue weighted by Crippen LogP contribution is -2.35. The van der Waals surface area contributed by atoms with E-state index in [1.54, 1.807) is 32.0 Å². The van der Waals surface area contributed by atoms with Crippen LogP contribution in [-0.4, -0.2) is 42.8 Å². The lowest BCUT2D eigenvalue weighted by Gasteiger charge is -2.17. The summed E-state index contributed by atoms with van der Waals surface area (Å²) < 4.78 is 28.5. The maximum absolute atomic E-state index is 13.6. The number of halogens is 2. The van der Waals surface area contributed by atoms with Crippen LogP contribution in [0.4, 0.5) is 5.69 Å². The first-order valence-corrected chi connectivity index (χ1v) is 14.3. The molecule has 1 saturated carbocycles. The maximum atomic E-state index is 13.6. The summed E-state index contributed by atoms with van der Waals surface area (Å²) in [7, 11) is 0. The van der Waals surface area contributed by atoms with Gasteiger partial charge < -0.3 is 15.4 Å². The molecule has 2 aromatic heterocycles. The lowest BCUT2D eigenvalue weighted by molar-refractivity contribution is 0.0936. The first-order chi connectivity index (χ1) is 18.5. The second-order valence-electron chi connectivity index (χ2n) is 9.49. The van der Waals surface area contributed by atoms with Gasteiger partial charge in [-0.1, -0.05) is 23.2 Å². The van der Waals surface area contributed by atoms with E-state index in [-0.39, 0.29) is 69.2 Å². The van der Waals surface area contributed by atoms with Crippen molar-refractivity contribution >= 4 is 64.0 Å². The Balaban J connectivity index is 1.69. The molecule has 204 valence electrons. The van der Waals surface area contributed by atoms with Crippen LogP contribution in [0.25, 0.3) is 5.82 Å². The van der Waals surface area contributed by atoms with Gasteiger partial charge in [0.25, 0.3) is 11.8 Å². The number of nitrogens with one attached hydrogen (secondary N) is 2. The predicted octanol–water partition coefficient (Wildman–Crippen LogP) is 4.76. The van der Waals surface area contributed by atoms with Crippen LogP contribution in [0.5, 0.6) is 5.88 Å². The molecule has 1 unspecified atom stereocenters. The quantitative estimate of drug-likeness (QED) is 0.236. The molecular weight excluding hydrogens is 585 g/mol. The molecule has 2 heterocycles. The SMILES string of the molecule is Cc1cc(Cl)cc(C(=O)NC2(C)CC2)c1NC(=O)c1cc(OC(C)CC([S+]=O)[S+]=O)nn1-c1ncccc1Cl. The van der Waals surface area contributed by atoms with Crippen molar-refractivity contribution in [3.05, 3.63) is 63.4 Å². The normalized spacial score (nSPS) is 14.4. The van der Waals surface area contributed by atoms with Gasteiger partial charge in [0.15, 0.2) is 5.82 Å². The summed E-state index contributed by atoms with van der Waals surface area (Å²) in [5, 5.41) is 10.8. The minimum absolute atomic E-state index is 0.0283. The Hall–Kier alpha value is -3.06. The third-order valence-electron chi connectivity index (χ3n) is 6.12. The molecule has 2 amide bonds. The molecule has 10 nitrogen and oxygen atoms in total. The largest absolute Gasteiger partial charge is 0.536 e. The van der Waals surface area contributed by atoms with Crippen molar-refractivity contribution in [1.29, 1.82) is 0 Å². The van der Waals surface area contributed by atoms with Crippen LogP contribution < -0.4 is 15.4 Å². The number of ether oxygens (including phenoxy) is 1. The number of pyridine rings is 1. The molecule has 0 aliphatic heterocycles. The monoisotopic (exact) mass is 609 g/mol. The number of carbonyl (C=O) groups excluding carboxylic acids is 2. The summed E-state index contributed by atoms with van der Waals surface area (Å²) in [6, 6.07) is 7.79. The minimum Gasteiger partial charge on any atom is -0.473 e. The van der Waals surface area contributed by atoms with E-state index < -0.39 is 16.6 Å². The number of hydrogen-bond acceptors (Lipinski definition) is 7. The maximum Gasteiger partial charge on any atom is 0.536 e. The van der Waals surface area contributed by atoms with Crippen LogP contribution in [-0.2, 0) is 31.8 Å². The highest BCUT2D eigenvalue weighted by Crippen LogP contribution is 2.36. The summed E-state index contributed by atoms with van der Waals surface area (Å²) in [4.78, 5) is 31.0. The van der Waals surface area contributed by atoms with Crippen LogP contribution in [0, 0.1) is 6.92 Å². The molecule has 0 spiro atoms. The molecule has 2 N–H and O–H groups in total. The Bertz CT molecular complexity index is 1440. The number of aromatic nitrogens is 3. The van der Waals surface area contributed by atoms with E-state index in [9.17, 15) is 18.0 Å². The van der Waals surface area contributed by atoms with Crippen LogP contribution >= 0.6 is 23.2 Å². The lowest BCUT2D eigenvalue weighted by atomic mass is 10.1. The van der Waals surface area contributed by atoms with E-state index in [1.165, 1.54) is 23.0 Å². The smallest absolute Gasteiger partial charge is 0.473 e. The van der Waals surface area contributed by atoms with Gasteiger partial charge in [0.1, 0.15) is 18.2 Å². The Morgan fingerprint density at radius 1 is 1.18 bits per heavy atom. The predicted molar refractivity (Wildman–Crippen MR) is 150 cm³/mol. The van der Waals surface area contributed by atoms with Crippen LogP contribution in [0.1, 0.15) is 59.5 Å². The zero-order valence-corrected chi connectivity index (χ0v) is 24.3. The third-order valence-corrected chi connectivity index (χ3v) is 7.92. The molecule has 1 fully saturated rings. The summed E-state index contributed by atoms with van der Waals surface area (Å²) in [6.07, 6.45) is 2.86. The highest BCUT2D eigenvalue weighted by Gasteiger charge is 2.40. The summed E-state index contributed by atoms with van der Waals surface area (Å²) in [5.74, 6) is -0.709. The molecule has 1 aliphatic carbocycles. The van der Waals surface area contributed by atoms with Crippen molar-refractivity contribution in [3.8, 4) is 11.7 Å². The topological polar surface area (TPSA) is 132 Å². The van der Waals surface area contributed by atoms with E-state index in [4.69, 9.17) is 27.9 Å². The van der Waals surface area contributed by atoms with Crippen LogP contribution in [0.2, 0.25) is 10.0 Å². The van der Waals surface area contributed by atoms with Gasteiger partial charge in [0.2, 0.25) is 5.88 Å². The fourth-order valence-electron chi connectivity index (χ4n) is 3.81. The average Bonchev–Trinajstić information content (AvgIpc) is 3.46. The van der Waals surface area contributed by atoms with Crippen LogP contribution in [0.15, 0.2) is 36.5 Å². The van der Waals surface area contributed by atoms with Crippen LogP contribution in [0.3, 0.4) is 0 Å². The Labute approximate surface area is 242 Å². The van der Waals surface area contributed by atoms with Gasteiger partial charge in [0, 0.05) is 31.2 Å². The van der Waals surface area contributed by atoms with Crippen molar-refractivity contribution in [2.24, 2.45) is 0 Å². The van der Waals surface area contributed by atoms with E-state index in [2.05, 4.69) is 20.7 Å². The Kier molecular flexibility index (Phi) is 8.90. The first kappa shape index (κ1) is 28.9. The molecular formula is C25H25Cl2N5O5S2+2. The average molecular weight is 611 g/mol. The fourth-order valence-corrected chi connectivity index (χ4v) is 5.11. The third kappa shape index (κ3) is 6.93. The minimum atomic E-state index is -0.745. The summed E-state index contributed by atoms with van der Waals surface area (Å²) in [5.41, 5.74) is 0.861. The van der Waals surface area contributed by atoms with Gasteiger partial charge in [0.05, 0.1) is 16.3 Å². The highest BCUT2D eigenvalue weighted by atomic mass is 35.5. The number of aryl methyl sites for hydroxylation is 1. The van der Waals surface area contributed by atoms with E-state index in [0.29, 0.717) is 16.3 Å². The van der Waals surface area contributed by atoms with Gasteiger partial charge in [-0.15, -0.1) is 5.10 Å². The summed E-state index contributed by atoms with van der Waals surface area (Å²) in [6.45, 7) is 5.37. The zero-order valence-electron chi connectivity index (χ0n) is 21.2. The Morgan fingerprint density at radius 2 is 1.90 bits per heavy atom. The number of benzene rings is 1. The van der Waals surface area contributed by atoms with Gasteiger partial charge in [-0.05, 0) is 63.4 Å². The molecule has 0 radical (unpaired) electrons. The molecule has 0 bridgehead atoms. The molecule has 1 aliphatic rings. The molecule has 1 atom stereocenters. The second kappa shape index (κ2) is 12.0. The van der Waals surface area contributed by atoms with Gasteiger partial charge >= 0.3 is 27.9 Å². The molecule has 4 rings (SSSR count). The number of carbonyl (C=O) groups is 2. The number of nitrogens with zero attached hydrogens (tertiary/aromatic N) is 3. The van der Waals surface area contributed by atoms with E-state index in [1.807, 2.05) is 6.92 Å². The molecule has 39 heavy (non-hydrogen) atoms. The molecule has 3 aromatic rings. The van der Waals surface area contributed by atoms with Crippen molar-refractivity contribution in [2.45, 2.75) is 56.3 Å². The fraction of sp³-hybridized carbons (Fsp3) is 0.360. The van der Waals surface area contributed by atoms with Gasteiger partial charge in [-0.3, -0.25) is 9.59 Å². The number of anilines is 1. The van der Waals surface area contributed by atoms with Crippen molar-refractivity contribution in [3.63, 3.8) is 0 Å². The first-order valence-electron chi connectivity index (χ1n) is 11.9. The summed E-state index contributed by atoms with van der Waals surface area (Å²) >= 11 is 13.0. The molecule has 0 saturated heterocycles. The standard InChI is InChI=1S/C25H23Cl2N5O5S2/c1-13-9-15(26)11-16(23(33)30-25(3)6-7-25)21(13)29-24(34)18-12-19(37-14(2)10-20(38-35)39-36)31-32(18)22-17(27)5-4-8-28-22/h4-5,8-9,11-12,14,20H,6-7,10H2,1-3H3/p+2. The molecule has 14 heteroatoms. The zero-order chi connectivity index (χ0) is 28.3. The highest BCUT2D eigenvalue weighted by molar-refractivity contribution is 7.84. The number of amides is 2. The van der Waals surface area contributed by atoms with Crippen molar-refractivity contribution in [2.75, 3.05) is 5.32 Å².